The molecule has 3 N–H and O–H groups in total. The van der Waals surface area contributed by atoms with Gasteiger partial charge in [0.1, 0.15) is 4.90 Å². The van der Waals surface area contributed by atoms with Crippen molar-refractivity contribution in [1.82, 2.24) is 4.31 Å². The van der Waals surface area contributed by atoms with Gasteiger partial charge in [-0.2, -0.15) is 4.31 Å². The van der Waals surface area contributed by atoms with Gasteiger partial charge in [0.2, 0.25) is 10.0 Å². The van der Waals surface area contributed by atoms with E-state index in [0.29, 0.717) is 11.4 Å². The molecule has 0 aliphatic carbocycles. The smallest absolute Gasteiger partial charge is 0.255 e. The summed E-state index contributed by atoms with van der Waals surface area (Å²) in [4.78, 5) is 23.6. The number of anilines is 1. The zero-order valence-electron chi connectivity index (χ0n) is 17.3. The van der Waals surface area contributed by atoms with E-state index < -0.39 is 21.8 Å². The van der Waals surface area contributed by atoms with Gasteiger partial charge < -0.3 is 20.5 Å². The van der Waals surface area contributed by atoms with Crippen molar-refractivity contribution >= 4 is 39.1 Å². The molecule has 0 bridgehead atoms. The van der Waals surface area contributed by atoms with Crippen molar-refractivity contribution in [1.29, 1.82) is 0 Å². The minimum atomic E-state index is -3.85. The number of hydrogen-bond donors (Lipinski definition) is 2. The lowest BCUT2D eigenvalue weighted by Gasteiger charge is -2.19. The van der Waals surface area contributed by atoms with Gasteiger partial charge in [0.15, 0.2) is 18.1 Å². The third-order valence-corrected chi connectivity index (χ3v) is 6.84. The summed E-state index contributed by atoms with van der Waals surface area (Å²) in [6.07, 6.45) is 0. The number of halogens is 1. The Balaban J connectivity index is 2.32. The van der Waals surface area contributed by atoms with Gasteiger partial charge >= 0.3 is 0 Å². The highest BCUT2D eigenvalue weighted by atomic mass is 35.5. The van der Waals surface area contributed by atoms with Gasteiger partial charge in [0.25, 0.3) is 11.8 Å². The molecule has 0 saturated carbocycles. The van der Waals surface area contributed by atoms with Crippen LogP contribution < -0.4 is 20.5 Å². The fraction of sp³-hybridized carbons (Fsp3) is 0.300. The molecule has 0 atom stereocenters. The van der Waals surface area contributed by atoms with Crippen LogP contribution in [-0.2, 0) is 14.8 Å². The third-order valence-electron chi connectivity index (χ3n) is 4.31. The number of nitrogens with zero attached hydrogens (tertiary/aromatic N) is 1. The molecule has 2 rings (SSSR count). The van der Waals surface area contributed by atoms with Gasteiger partial charge in [0.05, 0.1) is 12.1 Å². The van der Waals surface area contributed by atoms with Crippen LogP contribution in [0, 0.1) is 0 Å². The number of amides is 2. The van der Waals surface area contributed by atoms with E-state index >= 15 is 0 Å². The number of nitrogens with two attached hydrogens (primary N) is 1. The van der Waals surface area contributed by atoms with Crippen LogP contribution in [0.15, 0.2) is 41.3 Å². The normalized spacial score (nSPS) is 11.3. The van der Waals surface area contributed by atoms with E-state index in [1.807, 2.05) is 0 Å². The molecular formula is C20H24ClN3O6S. The predicted octanol–water partition coefficient (Wildman–Crippen LogP) is 2.50. The van der Waals surface area contributed by atoms with Crippen LogP contribution in [0.2, 0.25) is 5.02 Å². The first-order valence-electron chi connectivity index (χ1n) is 9.34. The number of sulfonamides is 1. The van der Waals surface area contributed by atoms with Gasteiger partial charge in [-0.15, -0.1) is 0 Å². The summed E-state index contributed by atoms with van der Waals surface area (Å²) < 4.78 is 37.4. The number of primary amides is 1. The number of ether oxygens (including phenoxy) is 2. The summed E-state index contributed by atoms with van der Waals surface area (Å²) in [6, 6.07) is 8.60. The molecule has 31 heavy (non-hydrogen) atoms. The Labute approximate surface area is 186 Å². The zero-order chi connectivity index (χ0) is 23.2. The standard InChI is InChI=1S/C20H24ClN3O6S/c1-4-24(5-2)31(27,28)18-10-13(6-8-15(18)21)20(26)23-14-7-9-16(29-3)17(11-14)30-12-19(22)25/h6-11H,4-5,12H2,1-3H3,(H2,22,25)(H,23,26). The highest BCUT2D eigenvalue weighted by molar-refractivity contribution is 7.89. The van der Waals surface area contributed by atoms with Crippen molar-refractivity contribution in [3.05, 3.63) is 47.0 Å². The Hall–Kier alpha value is -2.82. The molecule has 2 aromatic rings. The van der Waals surface area contributed by atoms with Gasteiger partial charge in [-0.1, -0.05) is 25.4 Å². The van der Waals surface area contributed by atoms with Crippen LogP contribution in [0.1, 0.15) is 24.2 Å². The molecule has 0 radical (unpaired) electrons. The van der Waals surface area contributed by atoms with Crippen molar-refractivity contribution < 1.29 is 27.5 Å². The van der Waals surface area contributed by atoms with Crippen molar-refractivity contribution in [2.24, 2.45) is 5.73 Å². The molecule has 0 unspecified atom stereocenters. The summed E-state index contributed by atoms with van der Waals surface area (Å²) in [7, 11) is -2.42. The monoisotopic (exact) mass is 469 g/mol. The molecule has 9 nitrogen and oxygen atoms in total. The molecule has 2 amide bonds. The predicted molar refractivity (Wildman–Crippen MR) is 117 cm³/mol. The van der Waals surface area contributed by atoms with E-state index in [1.165, 1.54) is 35.7 Å². The lowest BCUT2D eigenvalue weighted by Crippen LogP contribution is -2.31. The van der Waals surface area contributed by atoms with E-state index in [0.717, 1.165) is 0 Å². The topological polar surface area (TPSA) is 128 Å². The second kappa shape index (κ2) is 10.5. The summed E-state index contributed by atoms with van der Waals surface area (Å²) in [6.45, 7) is 3.61. The van der Waals surface area contributed by atoms with Crippen LogP contribution in [0.25, 0.3) is 0 Å². The molecule has 2 aromatic carbocycles. The largest absolute Gasteiger partial charge is 0.493 e. The molecule has 0 aromatic heterocycles. The molecule has 0 aliphatic heterocycles. The van der Waals surface area contributed by atoms with E-state index in [9.17, 15) is 18.0 Å². The zero-order valence-corrected chi connectivity index (χ0v) is 18.9. The minimum absolute atomic E-state index is 0.0232. The summed E-state index contributed by atoms with van der Waals surface area (Å²) in [5.74, 6) is -0.670. The summed E-state index contributed by atoms with van der Waals surface area (Å²) >= 11 is 6.11. The van der Waals surface area contributed by atoms with Gasteiger partial charge in [-0.3, -0.25) is 9.59 Å². The molecule has 0 spiro atoms. The van der Waals surface area contributed by atoms with E-state index in [2.05, 4.69) is 5.32 Å². The fourth-order valence-electron chi connectivity index (χ4n) is 2.76. The van der Waals surface area contributed by atoms with Crippen LogP contribution in [0.4, 0.5) is 5.69 Å². The van der Waals surface area contributed by atoms with Gasteiger partial charge in [0, 0.05) is 30.4 Å². The van der Waals surface area contributed by atoms with Crippen LogP contribution in [0.5, 0.6) is 11.5 Å². The average molecular weight is 470 g/mol. The Morgan fingerprint density at radius 2 is 1.77 bits per heavy atom. The van der Waals surface area contributed by atoms with Gasteiger partial charge in [-0.05, 0) is 30.3 Å². The lowest BCUT2D eigenvalue weighted by atomic mass is 10.2. The maximum absolute atomic E-state index is 12.8. The Kier molecular flexibility index (Phi) is 8.26. The van der Waals surface area contributed by atoms with Crippen molar-refractivity contribution in [3.63, 3.8) is 0 Å². The van der Waals surface area contributed by atoms with Crippen LogP contribution >= 0.6 is 11.6 Å². The number of rotatable bonds is 10. The molecule has 0 saturated heterocycles. The number of methoxy groups -OCH3 is 1. The van der Waals surface area contributed by atoms with Crippen molar-refractivity contribution in [2.45, 2.75) is 18.7 Å². The third kappa shape index (κ3) is 5.87. The Morgan fingerprint density at radius 3 is 2.35 bits per heavy atom. The second-order valence-corrected chi connectivity index (χ2v) is 8.62. The lowest BCUT2D eigenvalue weighted by molar-refractivity contribution is -0.119. The molecule has 0 aliphatic rings. The highest BCUT2D eigenvalue weighted by Gasteiger charge is 2.25. The quantitative estimate of drug-likeness (QED) is 0.550. The first kappa shape index (κ1) is 24.4. The maximum Gasteiger partial charge on any atom is 0.255 e. The first-order valence-corrected chi connectivity index (χ1v) is 11.2. The van der Waals surface area contributed by atoms with E-state index in [4.69, 9.17) is 26.8 Å². The minimum Gasteiger partial charge on any atom is -0.493 e. The Bertz CT molecular complexity index is 1070. The highest BCUT2D eigenvalue weighted by Crippen LogP contribution is 2.31. The molecular weight excluding hydrogens is 446 g/mol. The maximum atomic E-state index is 12.8. The van der Waals surface area contributed by atoms with E-state index in [1.54, 1.807) is 26.0 Å². The number of nitrogens with one attached hydrogen (secondary N) is 1. The fourth-order valence-corrected chi connectivity index (χ4v) is 4.72. The van der Waals surface area contributed by atoms with Crippen LogP contribution in [0.3, 0.4) is 0 Å². The van der Waals surface area contributed by atoms with Crippen molar-refractivity contribution in [3.8, 4) is 11.5 Å². The molecule has 11 heteroatoms. The summed E-state index contributed by atoms with van der Waals surface area (Å²) in [5.41, 5.74) is 5.53. The number of carbonyl (C=O) groups excluding carboxylic acids is 2. The number of carbonyl (C=O) groups is 2. The van der Waals surface area contributed by atoms with Gasteiger partial charge in [-0.25, -0.2) is 8.42 Å². The Morgan fingerprint density at radius 1 is 1.10 bits per heavy atom. The number of hydrogen-bond acceptors (Lipinski definition) is 6. The molecule has 168 valence electrons. The SMILES string of the molecule is CCN(CC)S(=O)(=O)c1cc(C(=O)Nc2ccc(OC)c(OCC(N)=O)c2)ccc1Cl. The van der Waals surface area contributed by atoms with Crippen LogP contribution in [-0.4, -0.2) is 51.3 Å². The van der Waals surface area contributed by atoms with Crippen molar-refractivity contribution in [2.75, 3.05) is 32.1 Å². The molecule has 0 heterocycles. The second-order valence-electron chi connectivity index (χ2n) is 6.31. The average Bonchev–Trinajstić information content (AvgIpc) is 2.73. The summed E-state index contributed by atoms with van der Waals surface area (Å²) in [5, 5.41) is 2.67. The van der Waals surface area contributed by atoms with E-state index in [-0.39, 0.29) is 40.9 Å². The first-order chi connectivity index (χ1) is 14.6. The number of benzene rings is 2. The molecule has 0 fully saturated rings.